The molecule has 0 aliphatic rings. The molecule has 0 heterocycles. The number of thioether (sulfide) groups is 1. The van der Waals surface area contributed by atoms with Crippen LogP contribution in [0.15, 0.2) is 48.5 Å². The van der Waals surface area contributed by atoms with E-state index in [1.54, 1.807) is 24.3 Å². The second kappa shape index (κ2) is 9.57. The normalized spacial score (nSPS) is 10.1. The molecule has 136 valence electrons. The van der Waals surface area contributed by atoms with Gasteiger partial charge < -0.3 is 15.4 Å². The van der Waals surface area contributed by atoms with Crippen molar-refractivity contribution in [1.29, 1.82) is 0 Å². The van der Waals surface area contributed by atoms with Crippen molar-refractivity contribution < 1.29 is 23.5 Å². The first kappa shape index (κ1) is 19.5. The molecule has 8 heteroatoms. The third kappa shape index (κ3) is 5.89. The summed E-state index contributed by atoms with van der Waals surface area (Å²) in [5, 5.41) is 5.29. The van der Waals surface area contributed by atoms with Gasteiger partial charge in [0, 0.05) is 5.69 Å². The Morgan fingerprint density at radius 1 is 1.00 bits per heavy atom. The largest absolute Gasteiger partial charge is 0.468 e. The van der Waals surface area contributed by atoms with Crippen molar-refractivity contribution in [2.45, 2.75) is 0 Å². The van der Waals surface area contributed by atoms with Gasteiger partial charge in [-0.15, -0.1) is 11.8 Å². The van der Waals surface area contributed by atoms with E-state index < -0.39 is 17.7 Å². The lowest BCUT2D eigenvalue weighted by Crippen LogP contribution is -2.20. The number of para-hydroxylation sites is 1. The number of ether oxygens (including phenoxy) is 1. The fourth-order valence-electron chi connectivity index (χ4n) is 1.99. The van der Waals surface area contributed by atoms with Gasteiger partial charge in [0.2, 0.25) is 5.91 Å². The van der Waals surface area contributed by atoms with E-state index >= 15 is 0 Å². The van der Waals surface area contributed by atoms with Crippen LogP contribution in [-0.2, 0) is 14.3 Å². The number of methoxy groups -OCH3 is 1. The van der Waals surface area contributed by atoms with Crippen molar-refractivity contribution in [2.75, 3.05) is 29.2 Å². The van der Waals surface area contributed by atoms with E-state index in [-0.39, 0.29) is 23.0 Å². The minimum Gasteiger partial charge on any atom is -0.468 e. The molecule has 26 heavy (non-hydrogen) atoms. The van der Waals surface area contributed by atoms with Crippen LogP contribution in [0.2, 0.25) is 0 Å². The Kier molecular flexibility index (Phi) is 7.16. The van der Waals surface area contributed by atoms with Gasteiger partial charge in [-0.25, -0.2) is 4.39 Å². The summed E-state index contributed by atoms with van der Waals surface area (Å²) in [6.45, 7) is 0. The molecule has 6 nitrogen and oxygen atoms in total. The molecule has 0 atom stereocenters. The lowest BCUT2D eigenvalue weighted by atomic mass is 10.1. The van der Waals surface area contributed by atoms with Crippen LogP contribution in [0.4, 0.5) is 15.8 Å². The zero-order valence-corrected chi connectivity index (χ0v) is 14.8. The van der Waals surface area contributed by atoms with Crippen molar-refractivity contribution >= 4 is 40.9 Å². The van der Waals surface area contributed by atoms with E-state index in [0.717, 1.165) is 11.8 Å². The van der Waals surface area contributed by atoms with Crippen molar-refractivity contribution in [3.63, 3.8) is 0 Å². The first-order valence-corrected chi connectivity index (χ1v) is 8.75. The number of hydrogen-bond acceptors (Lipinski definition) is 5. The molecule has 2 aromatic rings. The predicted molar refractivity (Wildman–Crippen MR) is 98.8 cm³/mol. The Balaban J connectivity index is 2.00. The van der Waals surface area contributed by atoms with Crippen LogP contribution in [0.5, 0.6) is 0 Å². The summed E-state index contributed by atoms with van der Waals surface area (Å²) >= 11 is 1.11. The third-order valence-electron chi connectivity index (χ3n) is 3.23. The molecule has 0 aromatic heterocycles. The van der Waals surface area contributed by atoms with Gasteiger partial charge in [0.25, 0.3) is 5.91 Å². The molecular weight excluding hydrogens is 359 g/mol. The average Bonchev–Trinajstić information content (AvgIpc) is 2.63. The number of benzene rings is 2. The Labute approximate surface area is 154 Å². The SMILES string of the molecule is COC(=O)CSCC(=O)Nc1ccccc1C(=O)Nc1ccc(F)cc1. The van der Waals surface area contributed by atoms with Crippen molar-refractivity contribution in [3.05, 3.63) is 59.9 Å². The topological polar surface area (TPSA) is 84.5 Å². The summed E-state index contributed by atoms with van der Waals surface area (Å²) in [7, 11) is 1.28. The summed E-state index contributed by atoms with van der Waals surface area (Å²) < 4.78 is 17.4. The maximum atomic E-state index is 12.9. The van der Waals surface area contributed by atoms with Gasteiger partial charge in [0.05, 0.1) is 29.9 Å². The summed E-state index contributed by atoms with van der Waals surface area (Å²) in [5.41, 5.74) is 1.05. The van der Waals surface area contributed by atoms with E-state index in [0.29, 0.717) is 11.4 Å². The second-order valence-electron chi connectivity index (χ2n) is 5.12. The lowest BCUT2D eigenvalue weighted by Gasteiger charge is -2.11. The Hall–Kier alpha value is -2.87. The number of carbonyl (C=O) groups excluding carboxylic acids is 3. The number of anilines is 2. The van der Waals surface area contributed by atoms with E-state index in [9.17, 15) is 18.8 Å². The molecule has 0 saturated carbocycles. The highest BCUT2D eigenvalue weighted by atomic mass is 32.2. The molecule has 2 amide bonds. The number of rotatable bonds is 7. The third-order valence-corrected chi connectivity index (χ3v) is 4.13. The molecule has 2 aromatic carbocycles. The molecule has 0 spiro atoms. The molecule has 2 N–H and O–H groups in total. The highest BCUT2D eigenvalue weighted by molar-refractivity contribution is 8.00. The van der Waals surface area contributed by atoms with E-state index in [4.69, 9.17) is 0 Å². The zero-order valence-electron chi connectivity index (χ0n) is 14.0. The van der Waals surface area contributed by atoms with Crippen LogP contribution in [-0.4, -0.2) is 36.4 Å². The molecule has 0 fully saturated rings. The molecule has 0 unspecified atom stereocenters. The van der Waals surface area contributed by atoms with Gasteiger partial charge in [0.1, 0.15) is 5.82 Å². The van der Waals surface area contributed by atoms with Crippen LogP contribution in [0, 0.1) is 5.82 Å². The van der Waals surface area contributed by atoms with Gasteiger partial charge in [-0.3, -0.25) is 14.4 Å². The van der Waals surface area contributed by atoms with Crippen molar-refractivity contribution in [2.24, 2.45) is 0 Å². The molecule has 0 bridgehead atoms. The van der Waals surface area contributed by atoms with Crippen LogP contribution in [0.1, 0.15) is 10.4 Å². The molecule has 0 aliphatic heterocycles. The quantitative estimate of drug-likeness (QED) is 0.726. The highest BCUT2D eigenvalue weighted by Gasteiger charge is 2.14. The summed E-state index contributed by atoms with van der Waals surface area (Å²) in [4.78, 5) is 35.5. The standard InChI is InChI=1S/C18H17FN2O4S/c1-25-17(23)11-26-10-16(22)21-15-5-3-2-4-14(15)18(24)20-13-8-6-12(19)7-9-13/h2-9H,10-11H2,1H3,(H,20,24)(H,21,22). The Bertz CT molecular complexity index is 796. The number of carbonyl (C=O) groups is 3. The van der Waals surface area contributed by atoms with Gasteiger partial charge in [0.15, 0.2) is 0 Å². The molecule has 2 rings (SSSR count). The number of hydrogen-bond donors (Lipinski definition) is 2. The minimum atomic E-state index is -0.435. The maximum Gasteiger partial charge on any atom is 0.315 e. The first-order chi connectivity index (χ1) is 12.5. The maximum absolute atomic E-state index is 12.9. The monoisotopic (exact) mass is 376 g/mol. The minimum absolute atomic E-state index is 0.0447. The fraction of sp³-hybridized carbons (Fsp3) is 0.167. The number of esters is 1. The van der Waals surface area contributed by atoms with E-state index in [2.05, 4.69) is 15.4 Å². The van der Waals surface area contributed by atoms with Crippen molar-refractivity contribution in [1.82, 2.24) is 0 Å². The van der Waals surface area contributed by atoms with Gasteiger partial charge in [-0.05, 0) is 36.4 Å². The van der Waals surface area contributed by atoms with Gasteiger partial charge >= 0.3 is 5.97 Å². The molecule has 0 radical (unpaired) electrons. The number of halogens is 1. The van der Waals surface area contributed by atoms with E-state index in [1.165, 1.54) is 31.4 Å². The predicted octanol–water partition coefficient (Wildman–Crippen LogP) is 2.92. The summed E-state index contributed by atoms with van der Waals surface area (Å²) in [5.74, 6) is -1.49. The number of amides is 2. The molecule has 0 aliphatic carbocycles. The zero-order chi connectivity index (χ0) is 18.9. The summed E-state index contributed by atoms with van der Waals surface area (Å²) in [6, 6.07) is 11.9. The first-order valence-electron chi connectivity index (χ1n) is 7.60. The van der Waals surface area contributed by atoms with Crippen LogP contribution in [0.3, 0.4) is 0 Å². The van der Waals surface area contributed by atoms with Gasteiger partial charge in [-0.2, -0.15) is 0 Å². The van der Waals surface area contributed by atoms with Crippen LogP contribution >= 0.6 is 11.8 Å². The fourth-order valence-corrected chi connectivity index (χ4v) is 2.64. The van der Waals surface area contributed by atoms with Crippen LogP contribution < -0.4 is 10.6 Å². The average molecular weight is 376 g/mol. The summed E-state index contributed by atoms with van der Waals surface area (Å²) in [6.07, 6.45) is 0. The van der Waals surface area contributed by atoms with Crippen LogP contribution in [0.25, 0.3) is 0 Å². The Morgan fingerprint density at radius 2 is 1.69 bits per heavy atom. The number of nitrogens with one attached hydrogen (secondary N) is 2. The molecule has 0 saturated heterocycles. The molecular formula is C18H17FN2O4S. The smallest absolute Gasteiger partial charge is 0.315 e. The Morgan fingerprint density at radius 3 is 2.38 bits per heavy atom. The lowest BCUT2D eigenvalue weighted by molar-refractivity contribution is -0.137. The van der Waals surface area contributed by atoms with E-state index in [1.807, 2.05) is 0 Å². The highest BCUT2D eigenvalue weighted by Crippen LogP contribution is 2.18. The van der Waals surface area contributed by atoms with Gasteiger partial charge in [-0.1, -0.05) is 12.1 Å². The van der Waals surface area contributed by atoms with Crippen molar-refractivity contribution in [3.8, 4) is 0 Å². The second-order valence-corrected chi connectivity index (χ2v) is 6.11.